The topological polar surface area (TPSA) is 86.7 Å². The lowest BCUT2D eigenvalue weighted by Gasteiger charge is -2.39. The normalized spacial score (nSPS) is 20.2. The minimum absolute atomic E-state index is 0.131. The summed E-state index contributed by atoms with van der Waals surface area (Å²) in [5, 5.41) is 12.4. The Kier molecular flexibility index (Phi) is 5.78. The Morgan fingerprint density at radius 1 is 1.04 bits per heavy atom. The van der Waals surface area contributed by atoms with Gasteiger partial charge in [-0.2, -0.15) is 0 Å². The van der Waals surface area contributed by atoms with Crippen molar-refractivity contribution in [3.05, 3.63) is 71.8 Å². The molecule has 2 N–H and O–H groups in total. The van der Waals surface area contributed by atoms with Gasteiger partial charge in [-0.15, -0.1) is 0 Å². The molecular weight excluding hydrogens is 356 g/mol. The van der Waals surface area contributed by atoms with E-state index in [1.807, 2.05) is 24.3 Å². The molecule has 2 amide bonds. The number of likely N-dealkylation sites (tertiary alicyclic amines) is 1. The van der Waals surface area contributed by atoms with Crippen LogP contribution >= 0.6 is 0 Å². The number of nitrogens with one attached hydrogen (secondary N) is 1. The van der Waals surface area contributed by atoms with Crippen LogP contribution in [0.15, 0.2) is 60.7 Å². The molecule has 6 heteroatoms. The van der Waals surface area contributed by atoms with Gasteiger partial charge in [0.05, 0.1) is 5.41 Å². The van der Waals surface area contributed by atoms with Crippen molar-refractivity contribution in [1.29, 1.82) is 0 Å². The number of carboxylic acid groups (broad SMARTS) is 1. The van der Waals surface area contributed by atoms with Gasteiger partial charge in [-0.1, -0.05) is 48.5 Å². The fraction of sp³-hybridized carbons (Fsp3) is 0.318. The molecular formula is C22H24N2O4. The molecule has 3 rings (SSSR count). The average Bonchev–Trinajstić information content (AvgIpc) is 2.72. The number of rotatable bonds is 5. The summed E-state index contributed by atoms with van der Waals surface area (Å²) < 4.78 is 0. The first-order valence-corrected chi connectivity index (χ1v) is 9.34. The van der Waals surface area contributed by atoms with Crippen molar-refractivity contribution < 1.29 is 19.5 Å². The summed E-state index contributed by atoms with van der Waals surface area (Å²) in [6.45, 7) is 2.27. The van der Waals surface area contributed by atoms with E-state index >= 15 is 0 Å². The van der Waals surface area contributed by atoms with Crippen LogP contribution in [-0.2, 0) is 9.59 Å². The molecule has 1 aliphatic rings. The van der Waals surface area contributed by atoms with Gasteiger partial charge in [0.2, 0.25) is 5.91 Å². The Hall–Kier alpha value is -3.15. The number of carboxylic acids is 1. The van der Waals surface area contributed by atoms with E-state index in [0.29, 0.717) is 30.5 Å². The van der Waals surface area contributed by atoms with Crippen molar-refractivity contribution in [3.8, 4) is 0 Å². The zero-order chi connectivity index (χ0) is 20.1. The van der Waals surface area contributed by atoms with Gasteiger partial charge < -0.3 is 15.3 Å². The zero-order valence-corrected chi connectivity index (χ0v) is 15.8. The maximum absolute atomic E-state index is 13.3. The van der Waals surface area contributed by atoms with E-state index in [1.165, 1.54) is 0 Å². The highest BCUT2D eigenvalue weighted by molar-refractivity contribution is 5.98. The molecule has 2 unspecified atom stereocenters. The number of carbonyl (C=O) groups is 3. The quantitative estimate of drug-likeness (QED) is 0.835. The lowest BCUT2D eigenvalue weighted by Crippen LogP contribution is -2.51. The van der Waals surface area contributed by atoms with Crippen LogP contribution < -0.4 is 5.32 Å². The summed E-state index contributed by atoms with van der Waals surface area (Å²) >= 11 is 0. The van der Waals surface area contributed by atoms with Crippen molar-refractivity contribution in [2.24, 2.45) is 5.41 Å². The Morgan fingerprint density at radius 3 is 2.25 bits per heavy atom. The summed E-state index contributed by atoms with van der Waals surface area (Å²) in [4.78, 5) is 39.2. The predicted octanol–water partition coefficient (Wildman–Crippen LogP) is 2.87. The fourth-order valence-corrected chi connectivity index (χ4v) is 3.52. The largest absolute Gasteiger partial charge is 0.481 e. The minimum atomic E-state index is -0.974. The van der Waals surface area contributed by atoms with Gasteiger partial charge in [-0.3, -0.25) is 14.4 Å². The highest BCUT2D eigenvalue weighted by Crippen LogP contribution is 2.31. The van der Waals surface area contributed by atoms with Crippen molar-refractivity contribution in [3.63, 3.8) is 0 Å². The third-order valence-corrected chi connectivity index (χ3v) is 5.22. The van der Waals surface area contributed by atoms with Crippen LogP contribution in [-0.4, -0.2) is 40.9 Å². The fourth-order valence-electron chi connectivity index (χ4n) is 3.52. The number of aliphatic carboxylic acids is 1. The third-order valence-electron chi connectivity index (χ3n) is 5.22. The molecule has 2 atom stereocenters. The molecule has 1 heterocycles. The number of nitrogens with zero attached hydrogens (tertiary/aromatic N) is 1. The number of benzene rings is 2. The maximum atomic E-state index is 13.3. The summed E-state index contributed by atoms with van der Waals surface area (Å²) in [5.41, 5.74) is 0.156. The van der Waals surface area contributed by atoms with E-state index in [-0.39, 0.29) is 18.4 Å². The van der Waals surface area contributed by atoms with Gasteiger partial charge in [0.1, 0.15) is 6.04 Å². The lowest BCUT2D eigenvalue weighted by atomic mass is 9.81. The van der Waals surface area contributed by atoms with Crippen LogP contribution in [0.25, 0.3) is 0 Å². The molecule has 28 heavy (non-hydrogen) atoms. The second kappa shape index (κ2) is 8.25. The number of hydrogen-bond donors (Lipinski definition) is 2. The first kappa shape index (κ1) is 19.6. The molecule has 1 fully saturated rings. The Labute approximate surface area is 164 Å². The standard InChI is InChI=1S/C22H24N2O4/c1-22(21(27)28)13-8-14-24(15-22)20(26)18(16-9-4-2-5-10-16)23-19(25)17-11-6-3-7-12-17/h2-7,9-12,18H,8,13-15H2,1H3,(H,23,25)(H,27,28). The molecule has 146 valence electrons. The van der Waals surface area contributed by atoms with Gasteiger partial charge in [0.15, 0.2) is 0 Å². The SMILES string of the molecule is CC1(C(=O)O)CCCN(C(=O)C(NC(=O)c2ccccc2)c2ccccc2)C1. The van der Waals surface area contributed by atoms with E-state index in [1.54, 1.807) is 48.2 Å². The molecule has 6 nitrogen and oxygen atoms in total. The van der Waals surface area contributed by atoms with Gasteiger partial charge in [-0.25, -0.2) is 0 Å². The number of piperidine rings is 1. The van der Waals surface area contributed by atoms with E-state index in [0.717, 1.165) is 0 Å². The number of amides is 2. The highest BCUT2D eigenvalue weighted by Gasteiger charge is 2.41. The van der Waals surface area contributed by atoms with Crippen molar-refractivity contribution in [2.45, 2.75) is 25.8 Å². The van der Waals surface area contributed by atoms with E-state index < -0.39 is 17.4 Å². The first-order valence-electron chi connectivity index (χ1n) is 9.34. The molecule has 2 aromatic carbocycles. The second-order valence-corrected chi connectivity index (χ2v) is 7.41. The molecule has 1 saturated heterocycles. The van der Waals surface area contributed by atoms with Gasteiger partial charge in [-0.05, 0) is 37.5 Å². The number of hydrogen-bond acceptors (Lipinski definition) is 3. The highest BCUT2D eigenvalue weighted by atomic mass is 16.4. The lowest BCUT2D eigenvalue weighted by molar-refractivity contribution is -0.154. The van der Waals surface area contributed by atoms with Crippen LogP contribution in [0.1, 0.15) is 41.7 Å². The summed E-state index contributed by atoms with van der Waals surface area (Å²) in [7, 11) is 0. The second-order valence-electron chi connectivity index (χ2n) is 7.41. The van der Waals surface area contributed by atoms with Crippen LogP contribution in [0.5, 0.6) is 0 Å². The van der Waals surface area contributed by atoms with E-state index in [9.17, 15) is 19.5 Å². The van der Waals surface area contributed by atoms with Gasteiger partial charge in [0, 0.05) is 18.7 Å². The zero-order valence-electron chi connectivity index (χ0n) is 15.8. The summed E-state index contributed by atoms with van der Waals surface area (Å²) in [6.07, 6.45) is 1.14. The molecule has 0 spiro atoms. The van der Waals surface area contributed by atoms with Crippen LogP contribution in [0.3, 0.4) is 0 Å². The molecule has 0 aromatic heterocycles. The van der Waals surface area contributed by atoms with Gasteiger partial charge in [0.25, 0.3) is 5.91 Å². The predicted molar refractivity (Wildman–Crippen MR) is 105 cm³/mol. The Morgan fingerprint density at radius 2 is 1.64 bits per heavy atom. The minimum Gasteiger partial charge on any atom is -0.481 e. The summed E-state index contributed by atoms with van der Waals surface area (Å²) in [5.74, 6) is -1.54. The maximum Gasteiger partial charge on any atom is 0.311 e. The molecule has 0 aliphatic carbocycles. The number of carbonyl (C=O) groups excluding carboxylic acids is 2. The van der Waals surface area contributed by atoms with Crippen LogP contribution in [0.2, 0.25) is 0 Å². The third kappa shape index (κ3) is 4.22. The van der Waals surface area contributed by atoms with Crippen LogP contribution in [0.4, 0.5) is 0 Å². The molecule has 1 aliphatic heterocycles. The van der Waals surface area contributed by atoms with Crippen molar-refractivity contribution in [2.75, 3.05) is 13.1 Å². The monoisotopic (exact) mass is 380 g/mol. The Balaban J connectivity index is 1.86. The summed E-state index contributed by atoms with van der Waals surface area (Å²) in [6, 6.07) is 16.9. The smallest absolute Gasteiger partial charge is 0.311 e. The molecule has 2 aromatic rings. The van der Waals surface area contributed by atoms with Crippen molar-refractivity contribution in [1.82, 2.24) is 10.2 Å². The van der Waals surface area contributed by atoms with Crippen LogP contribution in [0, 0.1) is 5.41 Å². The van der Waals surface area contributed by atoms with E-state index in [2.05, 4.69) is 5.32 Å². The van der Waals surface area contributed by atoms with Gasteiger partial charge >= 0.3 is 5.97 Å². The van der Waals surface area contributed by atoms with Crippen molar-refractivity contribution >= 4 is 17.8 Å². The average molecular weight is 380 g/mol. The molecule has 0 radical (unpaired) electrons. The molecule has 0 saturated carbocycles. The molecule has 0 bridgehead atoms. The first-order chi connectivity index (χ1) is 13.4. The van der Waals surface area contributed by atoms with E-state index in [4.69, 9.17) is 0 Å². The Bertz CT molecular complexity index is 853.